The Morgan fingerprint density at radius 1 is 1.25 bits per heavy atom. The molecule has 1 aliphatic rings. The Labute approximate surface area is 142 Å². The van der Waals surface area contributed by atoms with Crippen LogP contribution in [0.5, 0.6) is 5.75 Å². The van der Waals surface area contributed by atoms with E-state index in [0.717, 1.165) is 6.54 Å². The maximum absolute atomic E-state index is 11.7. The number of sulfone groups is 1. The molecule has 0 saturated carbocycles. The third-order valence-electron chi connectivity index (χ3n) is 4.06. The van der Waals surface area contributed by atoms with Crippen LogP contribution in [0.1, 0.15) is 16.8 Å². The summed E-state index contributed by atoms with van der Waals surface area (Å²) in [5.41, 5.74) is 0.203. The van der Waals surface area contributed by atoms with Crippen LogP contribution in [-0.4, -0.2) is 80.8 Å². The lowest BCUT2D eigenvalue weighted by atomic mass is 10.2. The lowest BCUT2D eigenvalue weighted by Gasteiger charge is -2.29. The summed E-state index contributed by atoms with van der Waals surface area (Å²) < 4.78 is 29.2. The lowest BCUT2D eigenvalue weighted by Crippen LogP contribution is -2.42. The molecule has 1 aromatic rings. The van der Waals surface area contributed by atoms with Crippen LogP contribution in [0.2, 0.25) is 0 Å². The van der Waals surface area contributed by atoms with Crippen LogP contribution in [0.15, 0.2) is 24.3 Å². The molecular formula is C16H24N2O5S. The van der Waals surface area contributed by atoms with Gasteiger partial charge < -0.3 is 14.7 Å². The Balaban J connectivity index is 1.98. The fourth-order valence-corrected chi connectivity index (χ4v) is 4.36. The highest BCUT2D eigenvalue weighted by molar-refractivity contribution is 7.91. The molecular weight excluding hydrogens is 332 g/mol. The van der Waals surface area contributed by atoms with Gasteiger partial charge in [-0.2, -0.15) is 0 Å². The van der Waals surface area contributed by atoms with Crippen molar-refractivity contribution >= 4 is 15.8 Å². The van der Waals surface area contributed by atoms with Gasteiger partial charge in [-0.15, -0.1) is 0 Å². The normalized spacial score (nSPS) is 19.8. The number of carboxylic acid groups (broad SMARTS) is 1. The summed E-state index contributed by atoms with van der Waals surface area (Å²) in [6, 6.07) is 6.16. The van der Waals surface area contributed by atoms with E-state index in [0.29, 0.717) is 18.7 Å². The minimum Gasteiger partial charge on any atom is -0.478 e. The molecule has 1 unspecified atom stereocenters. The molecule has 8 heteroatoms. The Morgan fingerprint density at radius 2 is 1.92 bits per heavy atom. The van der Waals surface area contributed by atoms with Gasteiger partial charge in [-0.25, -0.2) is 13.2 Å². The Kier molecular flexibility index (Phi) is 6.20. The molecule has 1 aromatic carbocycles. The van der Waals surface area contributed by atoms with Crippen molar-refractivity contribution < 1.29 is 23.1 Å². The summed E-state index contributed by atoms with van der Waals surface area (Å²) in [5, 5.41) is 8.90. The Hall–Kier alpha value is -1.64. The molecule has 1 atom stereocenters. The van der Waals surface area contributed by atoms with E-state index in [1.165, 1.54) is 12.1 Å². The molecule has 1 fully saturated rings. The van der Waals surface area contributed by atoms with Crippen LogP contribution in [-0.2, 0) is 9.84 Å². The topological polar surface area (TPSA) is 87.2 Å². The number of nitrogens with zero attached hydrogens (tertiary/aromatic N) is 2. The zero-order valence-corrected chi connectivity index (χ0v) is 14.8. The standard InChI is InChI=1S/C16H24N2O5S/c1-17(2)8-9-18(14-7-10-24(21,22)11-14)12-23-15-5-3-13(4-6-15)16(19)20/h3-6,14H,7-12H2,1-2H3,(H,19,20). The summed E-state index contributed by atoms with van der Waals surface area (Å²) in [6.45, 7) is 1.79. The van der Waals surface area contributed by atoms with Crippen molar-refractivity contribution in [3.05, 3.63) is 29.8 Å². The van der Waals surface area contributed by atoms with Crippen molar-refractivity contribution in [2.24, 2.45) is 0 Å². The van der Waals surface area contributed by atoms with E-state index in [-0.39, 0.29) is 29.8 Å². The maximum atomic E-state index is 11.7. The highest BCUT2D eigenvalue weighted by Crippen LogP contribution is 2.19. The van der Waals surface area contributed by atoms with E-state index < -0.39 is 15.8 Å². The number of likely N-dealkylation sites (N-methyl/N-ethyl adjacent to an activating group) is 1. The number of ether oxygens (including phenoxy) is 1. The van der Waals surface area contributed by atoms with E-state index >= 15 is 0 Å². The second-order valence-electron chi connectivity index (χ2n) is 6.28. The van der Waals surface area contributed by atoms with E-state index in [1.54, 1.807) is 12.1 Å². The molecule has 0 spiro atoms. The number of rotatable bonds is 8. The fourth-order valence-electron chi connectivity index (χ4n) is 2.60. The molecule has 0 amide bonds. The average molecular weight is 356 g/mol. The van der Waals surface area contributed by atoms with Crippen LogP contribution >= 0.6 is 0 Å². The predicted octanol–water partition coefficient (Wildman–Crippen LogP) is 0.772. The smallest absolute Gasteiger partial charge is 0.335 e. The minimum atomic E-state index is -2.95. The zero-order chi connectivity index (χ0) is 17.7. The van der Waals surface area contributed by atoms with E-state index in [9.17, 15) is 13.2 Å². The van der Waals surface area contributed by atoms with Crippen LogP contribution in [0.3, 0.4) is 0 Å². The van der Waals surface area contributed by atoms with Gasteiger partial charge in [0.15, 0.2) is 9.84 Å². The van der Waals surface area contributed by atoms with Gasteiger partial charge in [-0.05, 0) is 44.8 Å². The summed E-state index contributed by atoms with van der Waals surface area (Å²) in [7, 11) is 0.981. The van der Waals surface area contributed by atoms with Gasteiger partial charge in [0.2, 0.25) is 0 Å². The van der Waals surface area contributed by atoms with Crippen LogP contribution < -0.4 is 4.74 Å². The summed E-state index contributed by atoms with van der Waals surface area (Å²) in [4.78, 5) is 14.9. The highest BCUT2D eigenvalue weighted by Gasteiger charge is 2.32. The predicted molar refractivity (Wildman–Crippen MR) is 91.2 cm³/mol. The number of hydrogen-bond donors (Lipinski definition) is 1. The molecule has 0 bridgehead atoms. The largest absolute Gasteiger partial charge is 0.478 e. The minimum absolute atomic E-state index is 0.0340. The zero-order valence-electron chi connectivity index (χ0n) is 14.0. The first kappa shape index (κ1) is 18.7. The molecule has 24 heavy (non-hydrogen) atoms. The van der Waals surface area contributed by atoms with Crippen molar-refractivity contribution in [3.63, 3.8) is 0 Å². The van der Waals surface area contributed by atoms with Crippen molar-refractivity contribution in [2.75, 3.05) is 45.4 Å². The second-order valence-corrected chi connectivity index (χ2v) is 8.50. The van der Waals surface area contributed by atoms with Gasteiger partial charge in [-0.3, -0.25) is 4.90 Å². The van der Waals surface area contributed by atoms with Crippen LogP contribution in [0.25, 0.3) is 0 Å². The molecule has 1 heterocycles. The number of aromatic carboxylic acids is 1. The molecule has 0 radical (unpaired) electrons. The molecule has 1 saturated heterocycles. The van der Waals surface area contributed by atoms with Crippen molar-refractivity contribution in [3.8, 4) is 5.75 Å². The highest BCUT2D eigenvalue weighted by atomic mass is 32.2. The first-order valence-electron chi connectivity index (χ1n) is 7.82. The molecule has 1 N–H and O–H groups in total. The average Bonchev–Trinajstić information content (AvgIpc) is 2.87. The van der Waals surface area contributed by atoms with E-state index in [4.69, 9.17) is 9.84 Å². The van der Waals surface area contributed by atoms with Crippen molar-refractivity contribution in [1.29, 1.82) is 0 Å². The van der Waals surface area contributed by atoms with Crippen LogP contribution in [0, 0.1) is 0 Å². The third kappa shape index (κ3) is 5.47. The second kappa shape index (κ2) is 7.96. The number of carboxylic acids is 1. The van der Waals surface area contributed by atoms with E-state index in [1.807, 2.05) is 23.9 Å². The first-order valence-corrected chi connectivity index (χ1v) is 9.64. The molecule has 7 nitrogen and oxygen atoms in total. The van der Waals surface area contributed by atoms with E-state index in [2.05, 4.69) is 0 Å². The van der Waals surface area contributed by atoms with Gasteiger partial charge in [-0.1, -0.05) is 0 Å². The number of hydrogen-bond acceptors (Lipinski definition) is 6. The Bertz CT molecular complexity index is 658. The Morgan fingerprint density at radius 3 is 2.42 bits per heavy atom. The summed E-state index contributed by atoms with van der Waals surface area (Å²) in [5.74, 6) is -0.0217. The number of carbonyl (C=O) groups is 1. The SMILES string of the molecule is CN(C)CCN(COc1ccc(C(=O)O)cc1)C1CCS(=O)(=O)C1. The first-order chi connectivity index (χ1) is 11.3. The van der Waals surface area contributed by atoms with Crippen molar-refractivity contribution in [1.82, 2.24) is 9.80 Å². The van der Waals surface area contributed by atoms with Crippen LogP contribution in [0.4, 0.5) is 0 Å². The molecule has 2 rings (SSSR count). The van der Waals surface area contributed by atoms with Gasteiger partial charge >= 0.3 is 5.97 Å². The number of benzene rings is 1. The quantitative estimate of drug-likeness (QED) is 0.689. The molecule has 134 valence electrons. The summed E-state index contributed by atoms with van der Waals surface area (Å²) >= 11 is 0. The third-order valence-corrected chi connectivity index (χ3v) is 5.81. The maximum Gasteiger partial charge on any atom is 0.335 e. The monoisotopic (exact) mass is 356 g/mol. The van der Waals surface area contributed by atoms with Gasteiger partial charge in [0.05, 0.1) is 17.1 Å². The van der Waals surface area contributed by atoms with Gasteiger partial charge in [0, 0.05) is 19.1 Å². The van der Waals surface area contributed by atoms with Gasteiger partial charge in [0.25, 0.3) is 0 Å². The summed E-state index contributed by atoms with van der Waals surface area (Å²) in [6.07, 6.45) is 0.622. The lowest BCUT2D eigenvalue weighted by molar-refractivity contribution is 0.0696. The molecule has 0 aromatic heterocycles. The fraction of sp³-hybridized carbons (Fsp3) is 0.562. The molecule has 1 aliphatic heterocycles. The van der Waals surface area contributed by atoms with Crippen molar-refractivity contribution in [2.45, 2.75) is 12.5 Å². The molecule has 0 aliphatic carbocycles. The van der Waals surface area contributed by atoms with Gasteiger partial charge in [0.1, 0.15) is 12.5 Å².